The molecule has 1 aromatic rings. The van der Waals surface area contributed by atoms with Crippen LogP contribution >= 0.6 is 11.8 Å². The van der Waals surface area contributed by atoms with Gasteiger partial charge < -0.3 is 9.84 Å². The summed E-state index contributed by atoms with van der Waals surface area (Å²) in [5.74, 6) is 4.39. The predicted octanol–water partition coefficient (Wildman–Crippen LogP) is 1.82. The van der Waals surface area contributed by atoms with Gasteiger partial charge in [0, 0.05) is 5.41 Å². The smallest absolute Gasteiger partial charge is 0.236 e. The molecule has 0 aliphatic carbocycles. The standard InChI is InChI=1S/C11H19N3OS/c1-11(2,3)10-13-9(15-14-10)7-16-6-8-4-12-5-8/h8,12H,4-7H2,1-3H3. The Morgan fingerprint density at radius 3 is 2.69 bits per heavy atom. The first-order valence-corrected chi connectivity index (χ1v) is 6.82. The summed E-state index contributed by atoms with van der Waals surface area (Å²) in [6.45, 7) is 8.59. The lowest BCUT2D eigenvalue weighted by Gasteiger charge is -2.26. The van der Waals surface area contributed by atoms with Crippen molar-refractivity contribution >= 4 is 11.8 Å². The fraction of sp³-hybridized carbons (Fsp3) is 0.818. The summed E-state index contributed by atoms with van der Waals surface area (Å²) in [6, 6.07) is 0. The van der Waals surface area contributed by atoms with Crippen molar-refractivity contribution in [2.24, 2.45) is 5.92 Å². The summed E-state index contributed by atoms with van der Waals surface area (Å²) >= 11 is 1.88. The SMILES string of the molecule is CC(C)(C)c1noc(CSCC2CNC2)n1. The normalized spacial score (nSPS) is 17.4. The van der Waals surface area contributed by atoms with E-state index in [4.69, 9.17) is 4.52 Å². The van der Waals surface area contributed by atoms with Gasteiger partial charge in [0.2, 0.25) is 5.89 Å². The van der Waals surface area contributed by atoms with Gasteiger partial charge in [-0.1, -0.05) is 25.9 Å². The molecule has 0 atom stereocenters. The molecule has 5 heteroatoms. The van der Waals surface area contributed by atoms with Crippen LogP contribution in [0.3, 0.4) is 0 Å². The van der Waals surface area contributed by atoms with E-state index in [1.54, 1.807) is 0 Å². The van der Waals surface area contributed by atoms with Gasteiger partial charge in [0.1, 0.15) is 0 Å². The number of rotatable bonds is 4. The summed E-state index contributed by atoms with van der Waals surface area (Å²) < 4.78 is 5.23. The predicted molar refractivity (Wildman–Crippen MR) is 65.5 cm³/mol. The van der Waals surface area contributed by atoms with Crippen LogP contribution < -0.4 is 5.32 Å². The number of nitrogens with zero attached hydrogens (tertiary/aromatic N) is 2. The van der Waals surface area contributed by atoms with E-state index in [9.17, 15) is 0 Å². The highest BCUT2D eigenvalue weighted by Crippen LogP contribution is 2.21. The highest BCUT2D eigenvalue weighted by molar-refractivity contribution is 7.98. The Bertz CT molecular complexity index is 341. The maximum atomic E-state index is 5.23. The molecule has 0 bridgehead atoms. The van der Waals surface area contributed by atoms with Crippen LogP contribution in [0.5, 0.6) is 0 Å². The summed E-state index contributed by atoms with van der Waals surface area (Å²) in [5.41, 5.74) is -0.0235. The fourth-order valence-electron chi connectivity index (χ4n) is 1.40. The molecule has 0 radical (unpaired) electrons. The first-order valence-electron chi connectivity index (χ1n) is 5.67. The van der Waals surface area contributed by atoms with Gasteiger partial charge in [-0.2, -0.15) is 16.7 Å². The molecule has 0 saturated carbocycles. The van der Waals surface area contributed by atoms with Crippen molar-refractivity contribution in [3.8, 4) is 0 Å². The molecule has 16 heavy (non-hydrogen) atoms. The zero-order valence-corrected chi connectivity index (χ0v) is 10.9. The second-order valence-electron chi connectivity index (χ2n) is 5.30. The molecule has 1 aromatic heterocycles. The van der Waals surface area contributed by atoms with Crippen LogP contribution in [0.25, 0.3) is 0 Å². The topological polar surface area (TPSA) is 51.0 Å². The monoisotopic (exact) mass is 241 g/mol. The van der Waals surface area contributed by atoms with Gasteiger partial charge in [0.25, 0.3) is 0 Å². The molecule has 90 valence electrons. The molecular weight excluding hydrogens is 222 g/mol. The van der Waals surface area contributed by atoms with Crippen LogP contribution in [-0.4, -0.2) is 29.0 Å². The first-order chi connectivity index (χ1) is 7.55. The number of hydrogen-bond acceptors (Lipinski definition) is 5. The average molecular weight is 241 g/mol. The van der Waals surface area contributed by atoms with E-state index in [0.717, 1.165) is 36.5 Å². The minimum absolute atomic E-state index is 0.0235. The number of aromatic nitrogens is 2. The minimum Gasteiger partial charge on any atom is -0.338 e. The Morgan fingerprint density at radius 1 is 1.44 bits per heavy atom. The van der Waals surface area contributed by atoms with Crippen molar-refractivity contribution < 1.29 is 4.52 Å². The molecule has 2 heterocycles. The largest absolute Gasteiger partial charge is 0.338 e. The quantitative estimate of drug-likeness (QED) is 0.871. The van der Waals surface area contributed by atoms with Gasteiger partial charge in [0.05, 0.1) is 5.75 Å². The molecule has 1 aliphatic heterocycles. The van der Waals surface area contributed by atoms with E-state index in [-0.39, 0.29) is 5.41 Å². The molecule has 1 aliphatic rings. The van der Waals surface area contributed by atoms with Gasteiger partial charge in [-0.3, -0.25) is 0 Å². The number of nitrogens with one attached hydrogen (secondary N) is 1. The molecule has 1 saturated heterocycles. The first kappa shape index (κ1) is 11.9. The van der Waals surface area contributed by atoms with Crippen molar-refractivity contribution in [3.63, 3.8) is 0 Å². The Kier molecular flexibility index (Phi) is 3.54. The van der Waals surface area contributed by atoms with Crippen molar-refractivity contribution in [2.45, 2.75) is 31.9 Å². The summed E-state index contributed by atoms with van der Waals surface area (Å²) in [6.07, 6.45) is 0. The number of thioether (sulfide) groups is 1. The maximum absolute atomic E-state index is 5.23. The van der Waals surface area contributed by atoms with Crippen LogP contribution in [-0.2, 0) is 11.2 Å². The highest BCUT2D eigenvalue weighted by Gasteiger charge is 2.21. The van der Waals surface area contributed by atoms with E-state index in [1.165, 1.54) is 5.75 Å². The molecule has 4 nitrogen and oxygen atoms in total. The van der Waals surface area contributed by atoms with Crippen LogP contribution in [0.15, 0.2) is 4.52 Å². The second kappa shape index (κ2) is 4.75. The molecule has 0 aromatic carbocycles. The molecule has 0 amide bonds. The van der Waals surface area contributed by atoms with Gasteiger partial charge >= 0.3 is 0 Å². The minimum atomic E-state index is -0.0235. The zero-order chi connectivity index (χ0) is 11.6. The Hall–Kier alpha value is -0.550. The van der Waals surface area contributed by atoms with E-state index < -0.39 is 0 Å². The lowest BCUT2D eigenvalue weighted by molar-refractivity contribution is 0.371. The average Bonchev–Trinajstić information content (AvgIpc) is 2.56. The summed E-state index contributed by atoms with van der Waals surface area (Å²) in [7, 11) is 0. The lowest BCUT2D eigenvalue weighted by Crippen LogP contribution is -2.43. The lowest BCUT2D eigenvalue weighted by atomic mass is 9.96. The summed E-state index contributed by atoms with van der Waals surface area (Å²) in [5, 5.41) is 7.28. The third kappa shape index (κ3) is 2.98. The van der Waals surface area contributed by atoms with Crippen molar-refractivity contribution in [1.29, 1.82) is 0 Å². The van der Waals surface area contributed by atoms with E-state index in [2.05, 4.69) is 36.2 Å². The molecule has 1 N–H and O–H groups in total. The molecule has 1 fully saturated rings. The third-order valence-corrected chi connectivity index (χ3v) is 3.74. The maximum Gasteiger partial charge on any atom is 0.236 e. The molecular formula is C11H19N3OS. The molecule has 0 spiro atoms. The molecule has 2 rings (SSSR count). The van der Waals surface area contributed by atoms with Crippen molar-refractivity contribution in [1.82, 2.24) is 15.5 Å². The zero-order valence-electron chi connectivity index (χ0n) is 10.1. The van der Waals surface area contributed by atoms with E-state index in [0.29, 0.717) is 0 Å². The van der Waals surface area contributed by atoms with Gasteiger partial charge in [-0.15, -0.1) is 0 Å². The van der Waals surface area contributed by atoms with Gasteiger partial charge in [-0.25, -0.2) is 0 Å². The highest BCUT2D eigenvalue weighted by atomic mass is 32.2. The van der Waals surface area contributed by atoms with E-state index >= 15 is 0 Å². The Balaban J connectivity index is 1.78. The van der Waals surface area contributed by atoms with Crippen LogP contribution in [0, 0.1) is 5.92 Å². The Morgan fingerprint density at radius 2 is 2.19 bits per heavy atom. The van der Waals surface area contributed by atoms with Gasteiger partial charge in [0.15, 0.2) is 5.82 Å². The van der Waals surface area contributed by atoms with E-state index in [1.807, 2.05) is 11.8 Å². The van der Waals surface area contributed by atoms with Crippen LogP contribution in [0.4, 0.5) is 0 Å². The van der Waals surface area contributed by atoms with Crippen LogP contribution in [0.2, 0.25) is 0 Å². The van der Waals surface area contributed by atoms with Gasteiger partial charge in [-0.05, 0) is 24.8 Å². The number of hydrogen-bond donors (Lipinski definition) is 1. The molecule has 0 unspecified atom stereocenters. The summed E-state index contributed by atoms with van der Waals surface area (Å²) in [4.78, 5) is 4.41. The third-order valence-electron chi connectivity index (χ3n) is 2.58. The van der Waals surface area contributed by atoms with Crippen molar-refractivity contribution in [3.05, 3.63) is 11.7 Å². The van der Waals surface area contributed by atoms with Crippen LogP contribution in [0.1, 0.15) is 32.5 Å². The second-order valence-corrected chi connectivity index (χ2v) is 6.33. The van der Waals surface area contributed by atoms with Crippen molar-refractivity contribution in [2.75, 3.05) is 18.8 Å². The Labute approximate surface area is 101 Å². The fourth-order valence-corrected chi connectivity index (χ4v) is 2.38.